The van der Waals surface area contributed by atoms with Gasteiger partial charge in [-0.3, -0.25) is 4.79 Å². The molecule has 0 aliphatic heterocycles. The minimum Gasteiger partial charge on any atom is -0.462 e. The molecular formula is C10H20O2. The Bertz CT molecular complexity index is 119. The van der Waals surface area contributed by atoms with Crippen molar-refractivity contribution < 1.29 is 9.53 Å². The van der Waals surface area contributed by atoms with E-state index in [9.17, 15) is 4.79 Å². The van der Waals surface area contributed by atoms with E-state index in [1.165, 1.54) is 19.3 Å². The van der Waals surface area contributed by atoms with Crippen molar-refractivity contribution in [2.24, 2.45) is 0 Å². The zero-order chi connectivity index (χ0) is 9.45. The van der Waals surface area contributed by atoms with Gasteiger partial charge < -0.3 is 4.74 Å². The molecule has 0 saturated carbocycles. The van der Waals surface area contributed by atoms with Gasteiger partial charge in [0.15, 0.2) is 0 Å². The summed E-state index contributed by atoms with van der Waals surface area (Å²) in [5.74, 6) is 0. The molecular weight excluding hydrogens is 152 g/mol. The lowest BCUT2D eigenvalue weighted by Gasteiger charge is -2.22. The third kappa shape index (κ3) is 6.20. The van der Waals surface area contributed by atoms with Crippen LogP contribution in [0.5, 0.6) is 0 Å². The molecule has 0 bridgehead atoms. The van der Waals surface area contributed by atoms with E-state index < -0.39 is 0 Å². The van der Waals surface area contributed by atoms with Gasteiger partial charge in [-0.25, -0.2) is 0 Å². The molecule has 0 saturated heterocycles. The summed E-state index contributed by atoms with van der Waals surface area (Å²) < 4.78 is 4.93. The molecule has 2 heteroatoms. The summed E-state index contributed by atoms with van der Waals surface area (Å²) in [4.78, 5) is 10.1. The lowest BCUT2D eigenvalue weighted by atomic mass is 10.0. The third-order valence-corrected chi connectivity index (χ3v) is 2.00. The molecule has 12 heavy (non-hydrogen) atoms. The Balaban J connectivity index is 3.39. The molecule has 0 aliphatic rings. The molecule has 0 N–H and O–H groups in total. The van der Waals surface area contributed by atoms with Crippen LogP contribution in [-0.2, 0) is 9.53 Å². The fraction of sp³-hybridized carbons (Fsp3) is 0.900. The van der Waals surface area contributed by atoms with Crippen LogP contribution >= 0.6 is 0 Å². The Hall–Kier alpha value is -0.530. The van der Waals surface area contributed by atoms with Gasteiger partial charge in [-0.2, -0.15) is 0 Å². The molecule has 0 aromatic carbocycles. The molecule has 0 heterocycles. The van der Waals surface area contributed by atoms with E-state index in [-0.39, 0.29) is 5.60 Å². The Morgan fingerprint density at radius 3 is 2.42 bits per heavy atom. The summed E-state index contributed by atoms with van der Waals surface area (Å²) >= 11 is 0. The smallest absolute Gasteiger partial charge is 0.293 e. The molecule has 0 fully saturated rings. The number of ether oxygens (including phenoxy) is 1. The van der Waals surface area contributed by atoms with Crippen molar-refractivity contribution in [1.82, 2.24) is 0 Å². The number of carbonyl (C=O) groups excluding carboxylic acids is 1. The molecule has 0 unspecified atom stereocenters. The highest BCUT2D eigenvalue weighted by Crippen LogP contribution is 2.17. The van der Waals surface area contributed by atoms with Crippen molar-refractivity contribution in [3.8, 4) is 0 Å². The first-order chi connectivity index (χ1) is 5.62. The maximum atomic E-state index is 10.1. The molecule has 0 amide bonds. The average molecular weight is 172 g/mol. The van der Waals surface area contributed by atoms with E-state index in [2.05, 4.69) is 6.92 Å². The van der Waals surface area contributed by atoms with Gasteiger partial charge in [0.25, 0.3) is 6.47 Å². The minimum atomic E-state index is -0.268. The summed E-state index contributed by atoms with van der Waals surface area (Å²) in [6.07, 6.45) is 5.87. The summed E-state index contributed by atoms with van der Waals surface area (Å²) in [6.45, 7) is 6.63. The van der Waals surface area contributed by atoms with Crippen molar-refractivity contribution in [3.63, 3.8) is 0 Å². The minimum absolute atomic E-state index is 0.268. The SMILES string of the molecule is CCCCCCC(C)(C)OC=O. The van der Waals surface area contributed by atoms with Crippen LogP contribution in [0.25, 0.3) is 0 Å². The number of rotatable bonds is 7. The second-order valence-electron chi connectivity index (χ2n) is 3.78. The Morgan fingerprint density at radius 1 is 1.25 bits per heavy atom. The highest BCUT2D eigenvalue weighted by Gasteiger charge is 2.17. The molecule has 72 valence electrons. The molecule has 0 aliphatic carbocycles. The number of hydrogen-bond donors (Lipinski definition) is 0. The van der Waals surface area contributed by atoms with Crippen LogP contribution < -0.4 is 0 Å². The summed E-state index contributed by atoms with van der Waals surface area (Å²) in [6, 6.07) is 0. The van der Waals surface area contributed by atoms with E-state index in [1.54, 1.807) is 0 Å². The van der Waals surface area contributed by atoms with E-state index in [0.717, 1.165) is 12.8 Å². The fourth-order valence-electron chi connectivity index (χ4n) is 1.17. The van der Waals surface area contributed by atoms with Gasteiger partial charge in [-0.1, -0.05) is 26.2 Å². The van der Waals surface area contributed by atoms with Gasteiger partial charge in [0.05, 0.1) is 0 Å². The zero-order valence-electron chi connectivity index (χ0n) is 8.43. The number of unbranched alkanes of at least 4 members (excludes halogenated alkanes) is 3. The van der Waals surface area contributed by atoms with Crippen molar-refractivity contribution in [1.29, 1.82) is 0 Å². The summed E-state index contributed by atoms with van der Waals surface area (Å²) in [7, 11) is 0. The molecule has 0 atom stereocenters. The first-order valence-corrected chi connectivity index (χ1v) is 4.74. The lowest BCUT2D eigenvalue weighted by Crippen LogP contribution is -2.23. The van der Waals surface area contributed by atoms with Crippen LogP contribution in [0.15, 0.2) is 0 Å². The first kappa shape index (κ1) is 11.5. The van der Waals surface area contributed by atoms with Crippen LogP contribution in [0.3, 0.4) is 0 Å². The van der Waals surface area contributed by atoms with Crippen molar-refractivity contribution in [2.45, 2.75) is 58.5 Å². The van der Waals surface area contributed by atoms with Gasteiger partial charge in [0.2, 0.25) is 0 Å². The van der Waals surface area contributed by atoms with Gasteiger partial charge in [0, 0.05) is 0 Å². The third-order valence-electron chi connectivity index (χ3n) is 2.00. The first-order valence-electron chi connectivity index (χ1n) is 4.74. The fourth-order valence-corrected chi connectivity index (χ4v) is 1.17. The Morgan fingerprint density at radius 2 is 1.92 bits per heavy atom. The average Bonchev–Trinajstić information content (AvgIpc) is 1.98. The van der Waals surface area contributed by atoms with Gasteiger partial charge in [-0.05, 0) is 26.7 Å². The molecule has 0 spiro atoms. The standard InChI is InChI=1S/C10H20O2/c1-4-5-6-7-8-10(2,3)12-9-11/h9H,4-8H2,1-3H3. The summed E-state index contributed by atoms with van der Waals surface area (Å²) in [5.41, 5.74) is -0.268. The zero-order valence-corrected chi connectivity index (χ0v) is 8.43. The van der Waals surface area contributed by atoms with Crippen LogP contribution in [0.2, 0.25) is 0 Å². The van der Waals surface area contributed by atoms with Gasteiger partial charge >= 0.3 is 0 Å². The quantitative estimate of drug-likeness (QED) is 0.436. The predicted molar refractivity (Wildman–Crippen MR) is 50.0 cm³/mol. The lowest BCUT2D eigenvalue weighted by molar-refractivity contribution is -0.140. The molecule has 0 aromatic heterocycles. The normalized spacial score (nSPS) is 11.2. The van der Waals surface area contributed by atoms with Crippen molar-refractivity contribution in [2.75, 3.05) is 0 Å². The molecule has 0 rings (SSSR count). The maximum Gasteiger partial charge on any atom is 0.293 e. The van der Waals surface area contributed by atoms with Crippen LogP contribution in [-0.4, -0.2) is 12.1 Å². The van der Waals surface area contributed by atoms with E-state index in [1.807, 2.05) is 13.8 Å². The van der Waals surface area contributed by atoms with Gasteiger partial charge in [0.1, 0.15) is 5.60 Å². The van der Waals surface area contributed by atoms with E-state index >= 15 is 0 Å². The predicted octanol–water partition coefficient (Wildman–Crippen LogP) is 2.91. The Kier molecular flexibility index (Phi) is 5.77. The topological polar surface area (TPSA) is 26.3 Å². The maximum absolute atomic E-state index is 10.1. The van der Waals surface area contributed by atoms with Crippen LogP contribution in [0.4, 0.5) is 0 Å². The second-order valence-corrected chi connectivity index (χ2v) is 3.78. The number of carbonyl (C=O) groups is 1. The van der Waals surface area contributed by atoms with Crippen LogP contribution in [0, 0.1) is 0 Å². The molecule has 0 aromatic rings. The largest absolute Gasteiger partial charge is 0.462 e. The summed E-state index contributed by atoms with van der Waals surface area (Å²) in [5, 5.41) is 0. The van der Waals surface area contributed by atoms with Crippen molar-refractivity contribution >= 4 is 6.47 Å². The highest BCUT2D eigenvalue weighted by molar-refractivity contribution is 5.38. The van der Waals surface area contributed by atoms with Crippen LogP contribution in [0.1, 0.15) is 52.9 Å². The monoisotopic (exact) mass is 172 g/mol. The van der Waals surface area contributed by atoms with E-state index in [0.29, 0.717) is 6.47 Å². The Labute approximate surface area is 75.3 Å². The van der Waals surface area contributed by atoms with Crippen molar-refractivity contribution in [3.05, 3.63) is 0 Å². The molecule has 2 nitrogen and oxygen atoms in total. The van der Waals surface area contributed by atoms with E-state index in [4.69, 9.17) is 4.74 Å². The highest BCUT2D eigenvalue weighted by atomic mass is 16.5. The second kappa shape index (κ2) is 6.04. The van der Waals surface area contributed by atoms with Gasteiger partial charge in [-0.15, -0.1) is 0 Å². The molecule has 0 radical (unpaired) electrons. The number of hydrogen-bond acceptors (Lipinski definition) is 2.